The van der Waals surface area contributed by atoms with Gasteiger partial charge >= 0.3 is 0 Å². The summed E-state index contributed by atoms with van der Waals surface area (Å²) in [5.74, 6) is 0.737. The Hall–Kier alpha value is -1.16. The van der Waals surface area contributed by atoms with Gasteiger partial charge in [0.25, 0.3) is 0 Å². The Kier molecular flexibility index (Phi) is 8.28. The second kappa shape index (κ2) is 9.72. The lowest BCUT2D eigenvalue weighted by atomic mass is 10.2. The van der Waals surface area contributed by atoms with E-state index in [1.165, 1.54) is 0 Å². The summed E-state index contributed by atoms with van der Waals surface area (Å²) < 4.78 is 0. The third kappa shape index (κ3) is 6.00. The lowest BCUT2D eigenvalue weighted by Crippen LogP contribution is -2.34. The first kappa shape index (κ1) is 17.9. The maximum Gasteiger partial charge on any atom is 0.232 e. The Morgan fingerprint density at radius 1 is 1.19 bits per heavy atom. The van der Waals surface area contributed by atoms with Crippen LogP contribution in [0.2, 0.25) is 0 Å². The highest BCUT2D eigenvalue weighted by Crippen LogP contribution is 2.26. The van der Waals surface area contributed by atoms with Gasteiger partial charge in [-0.3, -0.25) is 4.79 Å². The first-order chi connectivity index (χ1) is 10.1. The zero-order valence-electron chi connectivity index (χ0n) is 13.5. The summed E-state index contributed by atoms with van der Waals surface area (Å²) in [7, 11) is 0. The van der Waals surface area contributed by atoms with Gasteiger partial charge in [0.1, 0.15) is 0 Å². The molecule has 3 nitrogen and oxygen atoms in total. The number of carbonyl (C=O) groups is 1. The highest BCUT2D eigenvalue weighted by Gasteiger charge is 2.13. The van der Waals surface area contributed by atoms with Crippen molar-refractivity contribution in [3.8, 4) is 0 Å². The topological polar surface area (TPSA) is 46.3 Å². The normalized spacial score (nSPS) is 10.6. The number of rotatable bonds is 9. The molecule has 118 valence electrons. The van der Waals surface area contributed by atoms with Crippen molar-refractivity contribution >= 4 is 23.4 Å². The van der Waals surface area contributed by atoms with Crippen LogP contribution >= 0.6 is 11.8 Å². The van der Waals surface area contributed by atoms with E-state index in [-0.39, 0.29) is 5.91 Å². The van der Waals surface area contributed by atoms with Crippen LogP contribution in [0.25, 0.3) is 0 Å². The molecule has 4 heteroatoms. The third-order valence-corrected chi connectivity index (χ3v) is 4.74. The second-order valence-electron chi connectivity index (χ2n) is 5.35. The first-order valence-corrected chi connectivity index (χ1v) is 8.84. The Balaban J connectivity index is 2.57. The van der Waals surface area contributed by atoms with Crippen LogP contribution in [0.4, 0.5) is 5.69 Å². The molecule has 0 spiro atoms. The molecule has 0 radical (unpaired) electrons. The van der Waals surface area contributed by atoms with Crippen molar-refractivity contribution in [2.45, 2.75) is 51.3 Å². The summed E-state index contributed by atoms with van der Waals surface area (Å²) in [5.41, 5.74) is 7.78. The SMILES string of the molecule is CCCCN(CCCC)C(=O)CSc1cccc(N)c1C. The van der Waals surface area contributed by atoms with E-state index in [1.54, 1.807) is 11.8 Å². The van der Waals surface area contributed by atoms with Gasteiger partial charge in [-0.15, -0.1) is 11.8 Å². The lowest BCUT2D eigenvalue weighted by Gasteiger charge is -2.22. The molecular formula is C17H28N2OS. The van der Waals surface area contributed by atoms with E-state index in [9.17, 15) is 4.79 Å². The van der Waals surface area contributed by atoms with Gasteiger partial charge in [0, 0.05) is 23.7 Å². The largest absolute Gasteiger partial charge is 0.398 e. The highest BCUT2D eigenvalue weighted by atomic mass is 32.2. The van der Waals surface area contributed by atoms with E-state index in [0.29, 0.717) is 5.75 Å². The van der Waals surface area contributed by atoms with Crippen molar-refractivity contribution in [2.24, 2.45) is 0 Å². The predicted octanol–water partition coefficient (Wildman–Crippen LogP) is 4.10. The van der Waals surface area contributed by atoms with E-state index in [0.717, 1.165) is 54.9 Å². The summed E-state index contributed by atoms with van der Waals surface area (Å²) in [6.07, 6.45) is 4.41. The maximum atomic E-state index is 12.4. The van der Waals surface area contributed by atoms with Gasteiger partial charge < -0.3 is 10.6 Å². The van der Waals surface area contributed by atoms with Crippen LogP contribution in [-0.4, -0.2) is 29.6 Å². The molecule has 0 heterocycles. The maximum absolute atomic E-state index is 12.4. The Morgan fingerprint density at radius 2 is 1.81 bits per heavy atom. The summed E-state index contributed by atoms with van der Waals surface area (Å²) in [6.45, 7) is 8.09. The molecule has 0 aliphatic rings. The molecule has 0 aromatic heterocycles. The van der Waals surface area contributed by atoms with Gasteiger partial charge in [-0.05, 0) is 37.5 Å². The van der Waals surface area contributed by atoms with E-state index < -0.39 is 0 Å². The minimum absolute atomic E-state index is 0.240. The fourth-order valence-corrected chi connectivity index (χ4v) is 3.05. The molecule has 0 saturated carbocycles. The minimum Gasteiger partial charge on any atom is -0.398 e. The van der Waals surface area contributed by atoms with Gasteiger partial charge in [0.05, 0.1) is 5.75 Å². The summed E-state index contributed by atoms with van der Waals surface area (Å²) in [5, 5.41) is 0. The number of anilines is 1. The van der Waals surface area contributed by atoms with Crippen molar-refractivity contribution in [3.05, 3.63) is 23.8 Å². The van der Waals surface area contributed by atoms with Gasteiger partial charge in [0.2, 0.25) is 5.91 Å². The van der Waals surface area contributed by atoms with Crippen molar-refractivity contribution in [3.63, 3.8) is 0 Å². The number of unbranched alkanes of at least 4 members (excludes halogenated alkanes) is 2. The van der Waals surface area contributed by atoms with Crippen LogP contribution in [-0.2, 0) is 4.79 Å². The number of benzene rings is 1. The second-order valence-corrected chi connectivity index (χ2v) is 6.36. The quantitative estimate of drug-likeness (QED) is 0.552. The minimum atomic E-state index is 0.240. The standard InChI is InChI=1S/C17H28N2OS/c1-4-6-11-19(12-7-5-2)17(20)13-21-16-10-8-9-15(18)14(16)3/h8-10H,4-7,11-13,18H2,1-3H3. The molecule has 0 bridgehead atoms. The van der Waals surface area contributed by atoms with Gasteiger partial charge in [-0.2, -0.15) is 0 Å². The summed E-state index contributed by atoms with van der Waals surface area (Å²) in [4.78, 5) is 15.5. The van der Waals surface area contributed by atoms with E-state index >= 15 is 0 Å². The lowest BCUT2D eigenvalue weighted by molar-refractivity contribution is -0.128. The Bertz CT molecular complexity index is 440. The molecular weight excluding hydrogens is 280 g/mol. The van der Waals surface area contributed by atoms with Crippen LogP contribution in [0.3, 0.4) is 0 Å². The van der Waals surface area contributed by atoms with E-state index in [2.05, 4.69) is 13.8 Å². The number of carbonyl (C=O) groups excluding carboxylic acids is 1. The van der Waals surface area contributed by atoms with Crippen LogP contribution < -0.4 is 5.73 Å². The van der Waals surface area contributed by atoms with Crippen molar-refractivity contribution in [1.29, 1.82) is 0 Å². The molecule has 0 aliphatic carbocycles. The molecule has 1 aromatic carbocycles. The fourth-order valence-electron chi connectivity index (χ4n) is 2.08. The fraction of sp³-hybridized carbons (Fsp3) is 0.588. The van der Waals surface area contributed by atoms with Crippen LogP contribution in [0.5, 0.6) is 0 Å². The molecule has 1 aromatic rings. The predicted molar refractivity (Wildman–Crippen MR) is 92.7 cm³/mol. The Labute approximate surface area is 133 Å². The van der Waals surface area contributed by atoms with Crippen LogP contribution in [0.15, 0.2) is 23.1 Å². The molecule has 21 heavy (non-hydrogen) atoms. The van der Waals surface area contributed by atoms with Gasteiger partial charge in [-0.25, -0.2) is 0 Å². The molecule has 2 N–H and O–H groups in total. The first-order valence-electron chi connectivity index (χ1n) is 7.85. The highest BCUT2D eigenvalue weighted by molar-refractivity contribution is 8.00. The molecule has 1 rings (SSSR count). The smallest absolute Gasteiger partial charge is 0.232 e. The van der Waals surface area contributed by atoms with Gasteiger partial charge in [0.15, 0.2) is 0 Å². The molecule has 1 amide bonds. The number of nitrogens with two attached hydrogens (primary N) is 1. The van der Waals surface area contributed by atoms with Gasteiger partial charge in [-0.1, -0.05) is 32.8 Å². The average molecular weight is 308 g/mol. The number of amides is 1. The van der Waals surface area contributed by atoms with Crippen LogP contribution in [0, 0.1) is 6.92 Å². The third-order valence-electron chi connectivity index (χ3n) is 3.59. The van der Waals surface area contributed by atoms with E-state index in [1.807, 2.05) is 30.0 Å². The molecule has 0 saturated heterocycles. The zero-order valence-corrected chi connectivity index (χ0v) is 14.3. The van der Waals surface area contributed by atoms with Crippen molar-refractivity contribution in [1.82, 2.24) is 4.90 Å². The number of thioether (sulfide) groups is 1. The average Bonchev–Trinajstić information content (AvgIpc) is 2.48. The van der Waals surface area contributed by atoms with Crippen LogP contribution in [0.1, 0.15) is 45.1 Å². The number of nitrogen functional groups attached to an aromatic ring is 1. The summed E-state index contributed by atoms with van der Waals surface area (Å²) in [6, 6.07) is 5.88. The number of hydrogen-bond acceptors (Lipinski definition) is 3. The molecule has 0 atom stereocenters. The number of nitrogens with zero attached hydrogens (tertiary/aromatic N) is 1. The Morgan fingerprint density at radius 3 is 2.38 bits per heavy atom. The van der Waals surface area contributed by atoms with Crippen molar-refractivity contribution in [2.75, 3.05) is 24.6 Å². The monoisotopic (exact) mass is 308 g/mol. The summed E-state index contributed by atoms with van der Waals surface area (Å²) >= 11 is 1.59. The van der Waals surface area contributed by atoms with Crippen molar-refractivity contribution < 1.29 is 4.79 Å². The molecule has 0 fully saturated rings. The number of hydrogen-bond donors (Lipinski definition) is 1. The zero-order chi connectivity index (χ0) is 15.7. The molecule has 0 unspecified atom stereocenters. The molecule has 0 aliphatic heterocycles. The van der Waals surface area contributed by atoms with E-state index in [4.69, 9.17) is 5.73 Å².